The number of hydrogen-bond acceptors (Lipinski definition) is 5. The van der Waals surface area contributed by atoms with Crippen LogP contribution in [0.1, 0.15) is 0 Å². The van der Waals surface area contributed by atoms with Crippen molar-refractivity contribution in [3.63, 3.8) is 0 Å². The van der Waals surface area contributed by atoms with Gasteiger partial charge in [-0.05, 0) is 42.0 Å². The molecule has 14 rings (SSSR count). The fourth-order valence-electron chi connectivity index (χ4n) is 10.0. The molecular formula is C57H33N5O2. The second-order valence-corrected chi connectivity index (χ2v) is 16.3. The molecule has 0 fully saturated rings. The number of hydrogen-bond donors (Lipinski definition) is 0. The fraction of sp³-hybridized carbons (Fsp3) is 0. The summed E-state index contributed by atoms with van der Waals surface area (Å²) in [6, 6.07) is 69.5. The van der Waals surface area contributed by atoms with Gasteiger partial charge in [-0.15, -0.1) is 0 Å². The molecule has 0 amide bonds. The molecule has 0 unspecified atom stereocenters. The molecule has 0 N–H and O–H groups in total. The van der Waals surface area contributed by atoms with E-state index in [9.17, 15) is 0 Å². The van der Waals surface area contributed by atoms with E-state index in [1.165, 1.54) is 0 Å². The number of para-hydroxylation sites is 4. The third kappa shape index (κ3) is 5.00. The summed E-state index contributed by atoms with van der Waals surface area (Å²) in [6.07, 6.45) is 0. The molecule has 0 radical (unpaired) electrons. The zero-order valence-electron chi connectivity index (χ0n) is 34.1. The minimum atomic E-state index is 0.519. The average Bonchev–Trinajstić information content (AvgIpc) is 4.12. The first-order valence-corrected chi connectivity index (χ1v) is 21.4. The number of benzene rings is 9. The van der Waals surface area contributed by atoms with Gasteiger partial charge in [-0.2, -0.15) is 9.97 Å². The summed E-state index contributed by atoms with van der Waals surface area (Å²) in [5.41, 5.74) is 12.4. The first kappa shape index (κ1) is 34.9. The van der Waals surface area contributed by atoms with Crippen LogP contribution in [-0.4, -0.2) is 24.1 Å². The van der Waals surface area contributed by atoms with E-state index in [0.29, 0.717) is 17.6 Å². The zero-order chi connectivity index (χ0) is 41.9. The molecule has 64 heavy (non-hydrogen) atoms. The third-order valence-corrected chi connectivity index (χ3v) is 12.8. The van der Waals surface area contributed by atoms with Crippen LogP contribution in [0.5, 0.6) is 0 Å². The van der Waals surface area contributed by atoms with Gasteiger partial charge in [0.1, 0.15) is 22.3 Å². The SMILES string of the molecule is c1ccc(-c2nc(-c3cccc4oc5ccccc5c34)nc(-n3c4ccccc4c4ccc5c6ccccc6n(-c6ccc7c(c6)oc6c(-c8ccccc8)cccc67)c5c43)n2)cc1. The smallest absolute Gasteiger partial charge is 0.238 e. The van der Waals surface area contributed by atoms with E-state index in [-0.39, 0.29) is 0 Å². The van der Waals surface area contributed by atoms with E-state index in [4.69, 9.17) is 23.8 Å². The molecule has 0 aliphatic carbocycles. The Morgan fingerprint density at radius 2 is 0.922 bits per heavy atom. The Morgan fingerprint density at radius 3 is 1.70 bits per heavy atom. The van der Waals surface area contributed by atoms with E-state index in [1.807, 2.05) is 54.6 Å². The van der Waals surface area contributed by atoms with Gasteiger partial charge in [-0.25, -0.2) is 4.98 Å². The summed E-state index contributed by atoms with van der Waals surface area (Å²) in [5.74, 6) is 1.66. The lowest BCUT2D eigenvalue weighted by atomic mass is 10.0. The lowest BCUT2D eigenvalue weighted by Crippen LogP contribution is -2.07. The topological polar surface area (TPSA) is 74.8 Å². The van der Waals surface area contributed by atoms with Gasteiger partial charge in [0.05, 0.1) is 27.8 Å². The molecule has 0 aliphatic heterocycles. The van der Waals surface area contributed by atoms with E-state index in [0.717, 1.165) is 115 Å². The molecule has 0 bridgehead atoms. The highest BCUT2D eigenvalue weighted by atomic mass is 16.3. The first-order valence-electron chi connectivity index (χ1n) is 21.4. The van der Waals surface area contributed by atoms with Crippen molar-refractivity contribution in [2.24, 2.45) is 0 Å². The molecule has 5 heterocycles. The summed E-state index contributed by atoms with van der Waals surface area (Å²) < 4.78 is 17.8. The van der Waals surface area contributed by atoms with E-state index in [2.05, 4.69) is 155 Å². The largest absolute Gasteiger partial charge is 0.456 e. The van der Waals surface area contributed by atoms with Crippen molar-refractivity contribution in [3.8, 4) is 45.5 Å². The third-order valence-electron chi connectivity index (χ3n) is 12.8. The molecule has 14 aromatic rings. The van der Waals surface area contributed by atoms with E-state index in [1.54, 1.807) is 0 Å². The average molecular weight is 820 g/mol. The Bertz CT molecular complexity index is 4200. The molecule has 7 nitrogen and oxygen atoms in total. The van der Waals surface area contributed by atoms with Crippen molar-refractivity contribution in [1.82, 2.24) is 24.1 Å². The van der Waals surface area contributed by atoms with Crippen molar-refractivity contribution in [1.29, 1.82) is 0 Å². The molecule has 0 saturated heterocycles. The second kappa shape index (κ2) is 13.3. The Balaban J connectivity index is 1.09. The summed E-state index contributed by atoms with van der Waals surface area (Å²) in [5, 5.41) is 8.60. The van der Waals surface area contributed by atoms with Crippen LogP contribution in [0.4, 0.5) is 0 Å². The predicted molar refractivity (Wildman–Crippen MR) is 259 cm³/mol. The van der Waals surface area contributed by atoms with Crippen molar-refractivity contribution in [2.45, 2.75) is 0 Å². The van der Waals surface area contributed by atoms with Crippen LogP contribution in [0.2, 0.25) is 0 Å². The van der Waals surface area contributed by atoms with E-state index >= 15 is 0 Å². The predicted octanol–water partition coefficient (Wildman–Crippen LogP) is 14.9. The van der Waals surface area contributed by atoms with Crippen molar-refractivity contribution >= 4 is 87.5 Å². The molecule has 0 atom stereocenters. The van der Waals surface area contributed by atoms with Crippen molar-refractivity contribution in [2.75, 3.05) is 0 Å². The Hall–Kier alpha value is -8.81. The minimum Gasteiger partial charge on any atom is -0.456 e. The normalized spacial score (nSPS) is 12.1. The van der Waals surface area contributed by atoms with Crippen LogP contribution >= 0.6 is 0 Å². The van der Waals surface area contributed by atoms with Crippen LogP contribution in [-0.2, 0) is 0 Å². The maximum Gasteiger partial charge on any atom is 0.238 e. The Labute approximate surface area is 364 Å². The zero-order valence-corrected chi connectivity index (χ0v) is 34.1. The fourth-order valence-corrected chi connectivity index (χ4v) is 10.0. The maximum atomic E-state index is 6.84. The van der Waals surface area contributed by atoms with Gasteiger partial charge in [0.2, 0.25) is 5.95 Å². The molecule has 5 aromatic heterocycles. The molecule has 0 aliphatic rings. The van der Waals surface area contributed by atoms with Gasteiger partial charge in [-0.1, -0.05) is 158 Å². The highest BCUT2D eigenvalue weighted by molar-refractivity contribution is 6.24. The molecular weight excluding hydrogens is 787 g/mol. The summed E-state index contributed by atoms with van der Waals surface area (Å²) in [7, 11) is 0. The van der Waals surface area contributed by atoms with E-state index < -0.39 is 0 Å². The first-order chi connectivity index (χ1) is 31.7. The van der Waals surface area contributed by atoms with Crippen molar-refractivity contribution < 1.29 is 8.83 Å². The molecule has 0 saturated carbocycles. The summed E-state index contributed by atoms with van der Waals surface area (Å²) >= 11 is 0. The maximum absolute atomic E-state index is 6.84. The molecule has 298 valence electrons. The summed E-state index contributed by atoms with van der Waals surface area (Å²) in [6.45, 7) is 0. The van der Waals surface area contributed by atoms with Crippen LogP contribution in [0.25, 0.3) is 133 Å². The van der Waals surface area contributed by atoms with Crippen LogP contribution in [0.15, 0.2) is 209 Å². The standard InChI is InChI=1S/C57H33N5O2/c1-3-15-34(16-4-1)37-22-13-23-43-40-30-29-36(33-50(40)64-54(37)43)61-46-25-10-7-19-38(46)41-31-32-42-39-20-8-11-26-47(39)62(53(42)52(41)61)57-59-55(35-17-5-2-6-18-35)58-56(60-57)45-24-14-28-49-51(45)44-21-9-12-27-48(44)63-49/h1-33H. The second-order valence-electron chi connectivity index (χ2n) is 16.3. The van der Waals surface area contributed by atoms with Gasteiger partial charge in [0.15, 0.2) is 11.6 Å². The quantitative estimate of drug-likeness (QED) is 0.173. The Kier molecular flexibility index (Phi) is 7.27. The van der Waals surface area contributed by atoms with Gasteiger partial charge in [0, 0.05) is 65.8 Å². The van der Waals surface area contributed by atoms with Crippen LogP contribution in [0.3, 0.4) is 0 Å². The minimum absolute atomic E-state index is 0.519. The number of nitrogens with zero attached hydrogens (tertiary/aromatic N) is 5. The van der Waals surface area contributed by atoms with Gasteiger partial charge in [0.25, 0.3) is 0 Å². The number of furan rings is 2. The molecule has 7 heteroatoms. The lowest BCUT2D eigenvalue weighted by molar-refractivity contribution is 0.669. The number of fused-ring (bicyclic) bond motifs is 13. The van der Waals surface area contributed by atoms with Crippen LogP contribution < -0.4 is 0 Å². The number of aromatic nitrogens is 5. The lowest BCUT2D eigenvalue weighted by Gasteiger charge is -2.13. The van der Waals surface area contributed by atoms with Gasteiger partial charge >= 0.3 is 0 Å². The highest BCUT2D eigenvalue weighted by Crippen LogP contribution is 2.44. The Morgan fingerprint density at radius 1 is 0.344 bits per heavy atom. The van der Waals surface area contributed by atoms with Crippen molar-refractivity contribution in [3.05, 3.63) is 200 Å². The van der Waals surface area contributed by atoms with Gasteiger partial charge < -0.3 is 13.4 Å². The summed E-state index contributed by atoms with van der Waals surface area (Å²) in [4.78, 5) is 16.0. The number of rotatable bonds is 5. The molecule has 0 spiro atoms. The van der Waals surface area contributed by atoms with Gasteiger partial charge in [-0.3, -0.25) is 4.57 Å². The molecule has 9 aromatic carbocycles. The van der Waals surface area contributed by atoms with Crippen LogP contribution in [0, 0.1) is 0 Å². The highest BCUT2D eigenvalue weighted by Gasteiger charge is 2.25. The monoisotopic (exact) mass is 819 g/mol.